The molecule has 0 aliphatic carbocycles. The summed E-state index contributed by atoms with van der Waals surface area (Å²) >= 11 is 0. The number of rotatable bonds is 4. The van der Waals surface area contributed by atoms with Gasteiger partial charge in [0, 0.05) is 5.56 Å². The number of benzene rings is 1. The van der Waals surface area contributed by atoms with E-state index in [0.29, 0.717) is 0 Å². The van der Waals surface area contributed by atoms with E-state index in [0.717, 1.165) is 12.1 Å². The minimum Gasteiger partial charge on any atom is -0.481 e. The molecule has 17 heavy (non-hydrogen) atoms. The average molecular weight is 250 g/mol. The first-order valence-electron chi connectivity index (χ1n) is 4.76. The Balaban J connectivity index is 3.30. The maximum Gasteiger partial charge on any atom is 0.332 e. The number of carboxylic acids is 1. The largest absolute Gasteiger partial charge is 0.481 e. The Hall–Kier alpha value is -1.59. The molecule has 0 fully saturated rings. The van der Waals surface area contributed by atoms with E-state index in [4.69, 9.17) is 5.11 Å². The molecule has 0 spiro atoms. The van der Waals surface area contributed by atoms with Gasteiger partial charge in [-0.1, -0.05) is 24.3 Å². The summed E-state index contributed by atoms with van der Waals surface area (Å²) in [6.07, 6.45) is -3.87. The summed E-state index contributed by atoms with van der Waals surface area (Å²) in [6.45, 7) is 1.17. The van der Waals surface area contributed by atoms with Gasteiger partial charge in [-0.2, -0.15) is 8.78 Å². The number of carbonyl (C=O) groups is 1. The van der Waals surface area contributed by atoms with Crippen molar-refractivity contribution >= 4 is 5.97 Å². The lowest BCUT2D eigenvalue weighted by Crippen LogP contribution is -2.26. The van der Waals surface area contributed by atoms with Crippen LogP contribution in [0.25, 0.3) is 0 Å². The molecule has 94 valence electrons. The van der Waals surface area contributed by atoms with Crippen molar-refractivity contribution in [1.29, 1.82) is 0 Å². The van der Waals surface area contributed by atoms with Gasteiger partial charge in [0.25, 0.3) is 0 Å². The van der Waals surface area contributed by atoms with Crippen LogP contribution in [0, 0.1) is 0 Å². The third-order valence-corrected chi connectivity index (χ3v) is 2.43. The first-order valence-corrected chi connectivity index (χ1v) is 4.76. The highest BCUT2D eigenvalue weighted by molar-refractivity contribution is 5.76. The third kappa shape index (κ3) is 2.57. The van der Waals surface area contributed by atoms with Crippen molar-refractivity contribution < 1.29 is 27.5 Å². The predicted molar refractivity (Wildman–Crippen MR) is 52.4 cm³/mol. The molecule has 0 radical (unpaired) electrons. The highest BCUT2D eigenvalue weighted by atomic mass is 19.3. The second-order valence-electron chi connectivity index (χ2n) is 3.57. The molecule has 1 atom stereocenters. The van der Waals surface area contributed by atoms with Crippen molar-refractivity contribution in [3.05, 3.63) is 35.4 Å². The summed E-state index contributed by atoms with van der Waals surface area (Å²) in [5, 5.41) is 8.73. The van der Waals surface area contributed by atoms with Crippen molar-refractivity contribution in [3.63, 3.8) is 0 Å². The third-order valence-electron chi connectivity index (χ3n) is 2.43. The Labute approximate surface area is 94.9 Å². The highest BCUT2D eigenvalue weighted by Crippen LogP contribution is 2.38. The van der Waals surface area contributed by atoms with Gasteiger partial charge >= 0.3 is 18.3 Å². The van der Waals surface area contributed by atoms with Crippen molar-refractivity contribution in [1.82, 2.24) is 0 Å². The van der Waals surface area contributed by atoms with Crippen LogP contribution in [0.3, 0.4) is 0 Å². The van der Waals surface area contributed by atoms with E-state index in [-0.39, 0.29) is 5.56 Å². The van der Waals surface area contributed by atoms with Gasteiger partial charge in [0.1, 0.15) is 0 Å². The van der Waals surface area contributed by atoms with E-state index < -0.39 is 29.8 Å². The molecular weight excluding hydrogens is 240 g/mol. The average Bonchev–Trinajstić information content (AvgIpc) is 2.27. The van der Waals surface area contributed by atoms with Gasteiger partial charge in [0.15, 0.2) is 0 Å². The van der Waals surface area contributed by atoms with E-state index in [2.05, 4.69) is 0 Å². The molecule has 0 bridgehead atoms. The van der Waals surface area contributed by atoms with Crippen LogP contribution >= 0.6 is 0 Å². The fourth-order valence-electron chi connectivity index (χ4n) is 1.43. The first kappa shape index (κ1) is 13.5. The van der Waals surface area contributed by atoms with Crippen LogP contribution in [0.2, 0.25) is 0 Å². The molecule has 0 amide bonds. The molecule has 0 saturated carbocycles. The van der Waals surface area contributed by atoms with Crippen LogP contribution in [0.1, 0.15) is 24.0 Å². The number of halogens is 4. The molecule has 1 aromatic rings. The lowest BCUT2D eigenvalue weighted by atomic mass is 9.92. The van der Waals surface area contributed by atoms with E-state index >= 15 is 0 Å². The normalized spacial score (nSPS) is 13.8. The van der Waals surface area contributed by atoms with Gasteiger partial charge < -0.3 is 5.11 Å². The van der Waals surface area contributed by atoms with Crippen LogP contribution in [0.15, 0.2) is 24.3 Å². The molecule has 2 nitrogen and oxygen atoms in total. The Bertz CT molecular complexity index is 418. The summed E-state index contributed by atoms with van der Waals surface area (Å²) in [5.74, 6) is -6.96. The molecule has 0 aliphatic rings. The van der Waals surface area contributed by atoms with Crippen molar-refractivity contribution in [3.8, 4) is 0 Å². The zero-order valence-corrected chi connectivity index (χ0v) is 8.83. The SMILES string of the molecule is CC(C(=O)O)c1ccccc1C(F)(F)C(F)F. The van der Waals surface area contributed by atoms with E-state index in [1.807, 2.05) is 0 Å². The summed E-state index contributed by atoms with van der Waals surface area (Å²) < 4.78 is 50.9. The number of hydrogen-bond donors (Lipinski definition) is 1. The van der Waals surface area contributed by atoms with Gasteiger partial charge in [-0.3, -0.25) is 4.79 Å². The van der Waals surface area contributed by atoms with Crippen LogP contribution < -0.4 is 0 Å². The predicted octanol–water partition coefficient (Wildman–Crippen LogP) is 3.23. The first-order chi connectivity index (χ1) is 7.78. The fourth-order valence-corrected chi connectivity index (χ4v) is 1.43. The van der Waals surface area contributed by atoms with Crippen LogP contribution in [-0.2, 0) is 10.7 Å². The van der Waals surface area contributed by atoms with E-state index in [1.165, 1.54) is 19.1 Å². The molecule has 0 saturated heterocycles. The molecule has 6 heteroatoms. The van der Waals surface area contributed by atoms with Crippen molar-refractivity contribution in [2.45, 2.75) is 25.2 Å². The van der Waals surface area contributed by atoms with Crippen molar-refractivity contribution in [2.75, 3.05) is 0 Å². The fraction of sp³-hybridized carbons (Fsp3) is 0.364. The lowest BCUT2D eigenvalue weighted by molar-refractivity contribution is -0.140. The van der Waals surface area contributed by atoms with Gasteiger partial charge in [-0.05, 0) is 12.5 Å². The molecule has 1 N–H and O–H groups in total. The minimum absolute atomic E-state index is 0.301. The van der Waals surface area contributed by atoms with Crippen LogP contribution in [0.4, 0.5) is 17.6 Å². The summed E-state index contributed by atoms with van der Waals surface area (Å²) in [4.78, 5) is 10.7. The second-order valence-corrected chi connectivity index (χ2v) is 3.57. The lowest BCUT2D eigenvalue weighted by Gasteiger charge is -2.20. The smallest absolute Gasteiger partial charge is 0.332 e. The van der Waals surface area contributed by atoms with E-state index in [9.17, 15) is 22.4 Å². The molecule has 1 rings (SSSR count). The maximum absolute atomic E-state index is 13.2. The van der Waals surface area contributed by atoms with Gasteiger partial charge in [0.2, 0.25) is 0 Å². The summed E-state index contributed by atoms with van der Waals surface area (Å²) in [6, 6.07) is 4.44. The Morgan fingerprint density at radius 1 is 1.29 bits per heavy atom. The summed E-state index contributed by atoms with van der Waals surface area (Å²) in [5.41, 5.74) is -1.24. The highest BCUT2D eigenvalue weighted by Gasteiger charge is 2.45. The molecule has 1 aromatic carbocycles. The summed E-state index contributed by atoms with van der Waals surface area (Å²) in [7, 11) is 0. The van der Waals surface area contributed by atoms with Gasteiger partial charge in [-0.25, -0.2) is 8.78 Å². The van der Waals surface area contributed by atoms with Crippen LogP contribution in [-0.4, -0.2) is 17.5 Å². The number of alkyl halides is 4. The molecule has 0 aliphatic heterocycles. The topological polar surface area (TPSA) is 37.3 Å². The molecule has 0 heterocycles. The van der Waals surface area contributed by atoms with Crippen molar-refractivity contribution in [2.24, 2.45) is 0 Å². The zero-order valence-electron chi connectivity index (χ0n) is 8.83. The van der Waals surface area contributed by atoms with Gasteiger partial charge in [0.05, 0.1) is 5.92 Å². The monoisotopic (exact) mass is 250 g/mol. The maximum atomic E-state index is 13.2. The van der Waals surface area contributed by atoms with E-state index in [1.54, 1.807) is 0 Å². The number of carboxylic acid groups (broad SMARTS) is 1. The standard InChI is InChI=1S/C11H10F4O2/c1-6(9(16)17)7-4-2-3-5-8(7)11(14,15)10(12)13/h2-6,10H,1H3,(H,16,17). The zero-order chi connectivity index (χ0) is 13.2. The Morgan fingerprint density at radius 3 is 2.29 bits per heavy atom. The van der Waals surface area contributed by atoms with Crippen LogP contribution in [0.5, 0.6) is 0 Å². The Morgan fingerprint density at radius 2 is 1.82 bits per heavy atom. The number of aliphatic carboxylic acids is 1. The quantitative estimate of drug-likeness (QED) is 0.833. The molecular formula is C11H10F4O2. The molecule has 0 aromatic heterocycles. The Kier molecular flexibility index (Phi) is 3.75. The second kappa shape index (κ2) is 4.73. The van der Waals surface area contributed by atoms with Gasteiger partial charge in [-0.15, -0.1) is 0 Å². The minimum atomic E-state index is -4.35. The molecule has 1 unspecified atom stereocenters. The number of hydrogen-bond acceptors (Lipinski definition) is 1.